The van der Waals surface area contributed by atoms with E-state index in [0.29, 0.717) is 11.7 Å². The molecule has 3 heterocycles. The van der Waals surface area contributed by atoms with Crippen molar-refractivity contribution in [2.45, 2.75) is 31.5 Å². The van der Waals surface area contributed by atoms with E-state index in [4.69, 9.17) is 4.52 Å². The molecule has 0 amide bonds. The molecule has 0 radical (unpaired) electrons. The Balaban J connectivity index is 1.50. The molecule has 0 aliphatic heterocycles. The summed E-state index contributed by atoms with van der Waals surface area (Å²) in [6, 6.07) is 3.97. The summed E-state index contributed by atoms with van der Waals surface area (Å²) in [5, 5.41) is 15.2. The summed E-state index contributed by atoms with van der Waals surface area (Å²) in [6.45, 7) is 6.45. The van der Waals surface area contributed by atoms with Crippen molar-refractivity contribution < 1.29 is 4.52 Å². The lowest BCUT2D eigenvalue weighted by Crippen LogP contribution is -2.00. The third-order valence-corrected chi connectivity index (χ3v) is 5.11. The van der Waals surface area contributed by atoms with Gasteiger partial charge in [-0.15, -0.1) is 28.1 Å². The van der Waals surface area contributed by atoms with Gasteiger partial charge in [-0.2, -0.15) is 4.98 Å². The van der Waals surface area contributed by atoms with Crippen molar-refractivity contribution in [2.75, 3.05) is 5.75 Å². The van der Waals surface area contributed by atoms with Crippen molar-refractivity contribution >= 4 is 23.1 Å². The van der Waals surface area contributed by atoms with Crippen LogP contribution in [0.1, 0.15) is 18.1 Å². The average molecular weight is 347 g/mol. The van der Waals surface area contributed by atoms with Gasteiger partial charge in [0, 0.05) is 18.7 Å². The number of aryl methyl sites for hydroxylation is 2. The van der Waals surface area contributed by atoms with Gasteiger partial charge in [0.2, 0.25) is 11.7 Å². The minimum Gasteiger partial charge on any atom is -0.339 e. The van der Waals surface area contributed by atoms with Crippen LogP contribution in [-0.2, 0) is 13.0 Å². The fourth-order valence-electron chi connectivity index (χ4n) is 2.06. The molecule has 0 aliphatic carbocycles. The molecule has 0 atom stereocenters. The van der Waals surface area contributed by atoms with E-state index in [1.807, 2.05) is 30.5 Å². The fraction of sp³-hybridized carbons (Fsp3) is 0.333. The molecule has 120 valence electrons. The molecule has 0 N–H and O–H groups in total. The topological polar surface area (TPSA) is 69.6 Å². The summed E-state index contributed by atoms with van der Waals surface area (Å²) >= 11 is 3.29. The van der Waals surface area contributed by atoms with Gasteiger partial charge in [0.1, 0.15) is 5.82 Å². The van der Waals surface area contributed by atoms with Gasteiger partial charge in [0.05, 0.1) is 4.88 Å². The number of hydrogen-bond donors (Lipinski definition) is 0. The maximum absolute atomic E-state index is 5.30. The Kier molecular flexibility index (Phi) is 5.24. The summed E-state index contributed by atoms with van der Waals surface area (Å²) in [5.41, 5.74) is 0. The van der Waals surface area contributed by atoms with Crippen LogP contribution in [0.5, 0.6) is 0 Å². The number of rotatable bonds is 8. The molecule has 0 spiro atoms. The molecular formula is C15H17N5OS2. The molecule has 0 aromatic carbocycles. The first-order valence-corrected chi connectivity index (χ1v) is 9.14. The van der Waals surface area contributed by atoms with Crippen LogP contribution < -0.4 is 0 Å². The van der Waals surface area contributed by atoms with Gasteiger partial charge in [-0.05, 0) is 24.8 Å². The monoisotopic (exact) mass is 347 g/mol. The summed E-state index contributed by atoms with van der Waals surface area (Å²) in [4.78, 5) is 5.46. The Morgan fingerprint density at radius 1 is 1.43 bits per heavy atom. The minimum atomic E-state index is 0.670. The van der Waals surface area contributed by atoms with E-state index in [-0.39, 0.29) is 0 Å². The molecule has 0 unspecified atom stereocenters. The Bertz CT molecular complexity index is 763. The molecule has 3 rings (SSSR count). The number of nitrogens with zero attached hydrogens (tertiary/aromatic N) is 5. The second kappa shape index (κ2) is 7.56. The third kappa shape index (κ3) is 3.89. The lowest BCUT2D eigenvalue weighted by atomic mass is 10.3. The van der Waals surface area contributed by atoms with Gasteiger partial charge >= 0.3 is 0 Å². The van der Waals surface area contributed by atoms with Crippen LogP contribution in [0.2, 0.25) is 0 Å². The van der Waals surface area contributed by atoms with Crippen molar-refractivity contribution in [3.8, 4) is 10.7 Å². The van der Waals surface area contributed by atoms with Crippen LogP contribution in [0.4, 0.5) is 0 Å². The van der Waals surface area contributed by atoms with E-state index in [0.717, 1.165) is 41.0 Å². The molecule has 0 fully saturated rings. The first kappa shape index (κ1) is 15.9. The van der Waals surface area contributed by atoms with E-state index in [1.165, 1.54) is 0 Å². The number of allylic oxidation sites excluding steroid dienone is 1. The van der Waals surface area contributed by atoms with Gasteiger partial charge in [-0.25, -0.2) is 0 Å². The van der Waals surface area contributed by atoms with Crippen molar-refractivity contribution in [1.82, 2.24) is 24.9 Å². The van der Waals surface area contributed by atoms with Gasteiger partial charge in [0.25, 0.3) is 0 Å². The molecule has 0 aliphatic rings. The first-order chi connectivity index (χ1) is 11.3. The highest BCUT2D eigenvalue weighted by Gasteiger charge is 2.11. The summed E-state index contributed by atoms with van der Waals surface area (Å²) in [7, 11) is 0. The zero-order valence-electron chi connectivity index (χ0n) is 12.8. The molecular weight excluding hydrogens is 330 g/mol. The lowest BCUT2D eigenvalue weighted by Gasteiger charge is -2.04. The predicted octanol–water partition coefficient (Wildman–Crippen LogP) is 3.61. The van der Waals surface area contributed by atoms with Crippen molar-refractivity contribution in [1.29, 1.82) is 0 Å². The Hall–Kier alpha value is -1.93. The fourth-order valence-corrected chi connectivity index (χ4v) is 3.64. The summed E-state index contributed by atoms with van der Waals surface area (Å²) in [6.07, 6.45) is 3.56. The number of thioether (sulfide) groups is 1. The van der Waals surface area contributed by atoms with E-state index in [2.05, 4.69) is 31.5 Å². The largest absolute Gasteiger partial charge is 0.339 e. The van der Waals surface area contributed by atoms with Crippen LogP contribution >= 0.6 is 23.1 Å². The van der Waals surface area contributed by atoms with E-state index in [1.54, 1.807) is 23.1 Å². The van der Waals surface area contributed by atoms with E-state index in [9.17, 15) is 0 Å². The van der Waals surface area contributed by atoms with E-state index >= 15 is 0 Å². The Morgan fingerprint density at radius 2 is 2.35 bits per heavy atom. The van der Waals surface area contributed by atoms with Gasteiger partial charge in [-0.1, -0.05) is 29.1 Å². The quantitative estimate of drug-likeness (QED) is 0.352. The van der Waals surface area contributed by atoms with Crippen molar-refractivity contribution in [3.05, 3.63) is 41.9 Å². The standard InChI is InChI=1S/C15H17N5OS2/c1-3-8-20-11(2)17-18-15(20)23-10-5-7-13-16-14(19-21-13)12-6-4-9-22-12/h3-4,6,9H,1,5,7-8,10H2,2H3. The Morgan fingerprint density at radius 3 is 3.13 bits per heavy atom. The predicted molar refractivity (Wildman–Crippen MR) is 91.6 cm³/mol. The maximum atomic E-state index is 5.30. The molecule has 0 saturated carbocycles. The highest BCUT2D eigenvalue weighted by atomic mass is 32.2. The number of aromatic nitrogens is 5. The molecule has 3 aromatic heterocycles. The van der Waals surface area contributed by atoms with Crippen LogP contribution in [0, 0.1) is 6.92 Å². The van der Waals surface area contributed by atoms with Gasteiger partial charge in [0.15, 0.2) is 5.16 Å². The second-order valence-corrected chi connectivity index (χ2v) is 6.88. The molecule has 23 heavy (non-hydrogen) atoms. The van der Waals surface area contributed by atoms with Crippen molar-refractivity contribution in [3.63, 3.8) is 0 Å². The van der Waals surface area contributed by atoms with Gasteiger partial charge < -0.3 is 9.09 Å². The zero-order valence-corrected chi connectivity index (χ0v) is 14.4. The zero-order chi connectivity index (χ0) is 16.1. The van der Waals surface area contributed by atoms with Gasteiger partial charge in [-0.3, -0.25) is 0 Å². The first-order valence-electron chi connectivity index (χ1n) is 7.28. The van der Waals surface area contributed by atoms with Crippen LogP contribution in [0.25, 0.3) is 10.7 Å². The minimum absolute atomic E-state index is 0.670. The summed E-state index contributed by atoms with van der Waals surface area (Å²) < 4.78 is 7.35. The molecule has 8 heteroatoms. The smallest absolute Gasteiger partial charge is 0.227 e. The molecule has 6 nitrogen and oxygen atoms in total. The number of hydrogen-bond acceptors (Lipinski definition) is 7. The molecule has 3 aromatic rings. The van der Waals surface area contributed by atoms with E-state index < -0.39 is 0 Å². The SMILES string of the molecule is C=CCn1c(C)nnc1SCCCc1nc(-c2cccs2)no1. The van der Waals surface area contributed by atoms with Crippen LogP contribution in [0.15, 0.2) is 39.8 Å². The lowest BCUT2D eigenvalue weighted by molar-refractivity contribution is 0.378. The highest BCUT2D eigenvalue weighted by molar-refractivity contribution is 7.99. The normalized spacial score (nSPS) is 11.0. The summed E-state index contributed by atoms with van der Waals surface area (Å²) in [5.74, 6) is 3.18. The average Bonchev–Trinajstić information content (AvgIpc) is 3.27. The highest BCUT2D eigenvalue weighted by Crippen LogP contribution is 2.22. The molecule has 0 bridgehead atoms. The maximum Gasteiger partial charge on any atom is 0.227 e. The number of thiophene rings is 1. The van der Waals surface area contributed by atoms with Crippen LogP contribution in [0.3, 0.4) is 0 Å². The second-order valence-electron chi connectivity index (χ2n) is 4.87. The Labute approximate surface area is 142 Å². The van der Waals surface area contributed by atoms with Crippen molar-refractivity contribution in [2.24, 2.45) is 0 Å². The third-order valence-electron chi connectivity index (χ3n) is 3.19. The molecule has 0 saturated heterocycles. The van der Waals surface area contributed by atoms with Crippen LogP contribution in [-0.4, -0.2) is 30.7 Å².